The highest BCUT2D eigenvalue weighted by atomic mass is 16.5. The highest BCUT2D eigenvalue weighted by Gasteiger charge is 2.44. The number of methoxy groups -OCH3 is 1. The van der Waals surface area contributed by atoms with E-state index in [-0.39, 0.29) is 11.2 Å². The van der Waals surface area contributed by atoms with Gasteiger partial charge < -0.3 is 4.74 Å². The van der Waals surface area contributed by atoms with Crippen molar-refractivity contribution in [3.05, 3.63) is 0 Å². The first kappa shape index (κ1) is 11.7. The van der Waals surface area contributed by atoms with Gasteiger partial charge in [-0.05, 0) is 12.8 Å². The van der Waals surface area contributed by atoms with Crippen LogP contribution in [0.15, 0.2) is 0 Å². The molecule has 0 heterocycles. The van der Waals surface area contributed by atoms with E-state index in [2.05, 4.69) is 0 Å². The van der Waals surface area contributed by atoms with Gasteiger partial charge in [0, 0.05) is 12.5 Å². The van der Waals surface area contributed by atoms with Gasteiger partial charge in [-0.2, -0.15) is 0 Å². The minimum atomic E-state index is -0.476. The van der Waals surface area contributed by atoms with Crippen LogP contribution in [0.1, 0.15) is 52.9 Å². The molecule has 1 saturated carbocycles. The summed E-state index contributed by atoms with van der Waals surface area (Å²) in [4.78, 5) is 12.2. The van der Waals surface area contributed by atoms with E-state index in [1.54, 1.807) is 7.11 Å². The summed E-state index contributed by atoms with van der Waals surface area (Å²) in [6, 6.07) is 0. The van der Waals surface area contributed by atoms with Crippen LogP contribution >= 0.6 is 0 Å². The number of carbonyl (C=O) groups is 1. The SMILES string of the molecule is COC1(C(=O)C(C)(C)C)CCCCC1. The molecule has 0 unspecified atom stereocenters. The molecule has 0 aromatic carbocycles. The molecule has 0 spiro atoms. The van der Waals surface area contributed by atoms with Crippen molar-refractivity contribution in [2.75, 3.05) is 7.11 Å². The van der Waals surface area contributed by atoms with E-state index in [0.717, 1.165) is 25.7 Å². The van der Waals surface area contributed by atoms with E-state index < -0.39 is 5.60 Å². The first-order valence-electron chi connectivity index (χ1n) is 5.52. The van der Waals surface area contributed by atoms with Gasteiger partial charge in [0.15, 0.2) is 5.78 Å². The molecular weight excluding hydrogens is 176 g/mol. The standard InChI is InChI=1S/C12H22O2/c1-11(2,3)10(13)12(14-4)8-6-5-7-9-12/h5-9H2,1-4H3. The van der Waals surface area contributed by atoms with Crippen molar-refractivity contribution in [3.8, 4) is 0 Å². The number of rotatable bonds is 2. The lowest BCUT2D eigenvalue weighted by Crippen LogP contribution is -2.48. The molecular formula is C12H22O2. The molecule has 2 heteroatoms. The highest BCUT2D eigenvalue weighted by Crippen LogP contribution is 2.37. The van der Waals surface area contributed by atoms with Crippen molar-refractivity contribution in [2.24, 2.45) is 5.41 Å². The third-order valence-corrected chi connectivity index (χ3v) is 3.15. The van der Waals surface area contributed by atoms with E-state index in [1.165, 1.54) is 6.42 Å². The van der Waals surface area contributed by atoms with Crippen LogP contribution in [0.4, 0.5) is 0 Å². The first-order valence-corrected chi connectivity index (χ1v) is 5.52. The minimum Gasteiger partial charge on any atom is -0.370 e. The number of ether oxygens (including phenoxy) is 1. The Morgan fingerprint density at radius 1 is 1.14 bits per heavy atom. The number of carbonyl (C=O) groups excluding carboxylic acids is 1. The Labute approximate surface area is 87.0 Å². The normalized spacial score (nSPS) is 22.0. The molecule has 0 amide bonds. The Morgan fingerprint density at radius 2 is 1.64 bits per heavy atom. The molecule has 1 aliphatic carbocycles. The highest BCUT2D eigenvalue weighted by molar-refractivity contribution is 5.91. The molecule has 0 bridgehead atoms. The number of Topliss-reactive ketones (excluding diaryl/α,β-unsaturated/α-hetero) is 1. The lowest BCUT2D eigenvalue weighted by atomic mass is 9.73. The van der Waals surface area contributed by atoms with Gasteiger partial charge in [-0.15, -0.1) is 0 Å². The first-order chi connectivity index (χ1) is 6.42. The summed E-state index contributed by atoms with van der Waals surface area (Å²) < 4.78 is 5.52. The third-order valence-electron chi connectivity index (χ3n) is 3.15. The van der Waals surface area contributed by atoms with Crippen LogP contribution in [-0.4, -0.2) is 18.5 Å². The zero-order valence-electron chi connectivity index (χ0n) is 9.85. The molecule has 0 N–H and O–H groups in total. The minimum absolute atomic E-state index is 0.271. The third kappa shape index (κ3) is 2.17. The van der Waals surface area contributed by atoms with Crippen LogP contribution in [0.5, 0.6) is 0 Å². The van der Waals surface area contributed by atoms with Crippen LogP contribution < -0.4 is 0 Å². The van der Waals surface area contributed by atoms with E-state index in [1.807, 2.05) is 20.8 Å². The van der Waals surface area contributed by atoms with E-state index in [4.69, 9.17) is 4.74 Å². The predicted molar refractivity (Wildman–Crippen MR) is 57.3 cm³/mol. The fraction of sp³-hybridized carbons (Fsp3) is 0.917. The maximum atomic E-state index is 12.2. The van der Waals surface area contributed by atoms with Crippen molar-refractivity contribution in [1.29, 1.82) is 0 Å². The summed E-state index contributed by atoms with van der Waals surface area (Å²) in [7, 11) is 1.68. The maximum absolute atomic E-state index is 12.2. The van der Waals surface area contributed by atoms with Crippen molar-refractivity contribution in [1.82, 2.24) is 0 Å². The largest absolute Gasteiger partial charge is 0.370 e. The zero-order chi connectivity index (χ0) is 10.8. The molecule has 0 saturated heterocycles. The summed E-state index contributed by atoms with van der Waals surface area (Å²) in [5.41, 5.74) is -0.760. The summed E-state index contributed by atoms with van der Waals surface area (Å²) >= 11 is 0. The van der Waals surface area contributed by atoms with Crippen molar-refractivity contribution < 1.29 is 9.53 Å². The Morgan fingerprint density at radius 3 is 2.00 bits per heavy atom. The number of hydrogen-bond acceptors (Lipinski definition) is 2. The molecule has 0 aliphatic heterocycles. The summed E-state index contributed by atoms with van der Waals surface area (Å²) in [5, 5.41) is 0. The second kappa shape index (κ2) is 4.01. The van der Waals surface area contributed by atoms with Gasteiger partial charge in [0.25, 0.3) is 0 Å². The second-order valence-corrected chi connectivity index (χ2v) is 5.34. The lowest BCUT2D eigenvalue weighted by Gasteiger charge is -2.38. The van der Waals surface area contributed by atoms with Crippen molar-refractivity contribution >= 4 is 5.78 Å². The van der Waals surface area contributed by atoms with Crippen LogP contribution in [-0.2, 0) is 9.53 Å². The molecule has 1 aliphatic rings. The maximum Gasteiger partial charge on any atom is 0.169 e. The van der Waals surface area contributed by atoms with Gasteiger partial charge in [-0.25, -0.2) is 0 Å². The molecule has 1 fully saturated rings. The van der Waals surface area contributed by atoms with E-state index >= 15 is 0 Å². The molecule has 0 aromatic rings. The number of ketones is 1. The molecule has 1 rings (SSSR count). The predicted octanol–water partition coefficient (Wildman–Crippen LogP) is 2.95. The fourth-order valence-electron chi connectivity index (χ4n) is 2.33. The van der Waals surface area contributed by atoms with Gasteiger partial charge in [0.1, 0.15) is 5.60 Å². The average molecular weight is 198 g/mol. The molecule has 82 valence electrons. The number of hydrogen-bond donors (Lipinski definition) is 0. The monoisotopic (exact) mass is 198 g/mol. The van der Waals surface area contributed by atoms with Crippen LogP contribution in [0.2, 0.25) is 0 Å². The van der Waals surface area contributed by atoms with Crippen LogP contribution in [0.25, 0.3) is 0 Å². The molecule has 2 nitrogen and oxygen atoms in total. The molecule has 0 radical (unpaired) electrons. The van der Waals surface area contributed by atoms with Crippen LogP contribution in [0.3, 0.4) is 0 Å². The molecule has 0 atom stereocenters. The fourth-order valence-corrected chi connectivity index (χ4v) is 2.33. The van der Waals surface area contributed by atoms with Gasteiger partial charge >= 0.3 is 0 Å². The molecule has 0 aromatic heterocycles. The zero-order valence-corrected chi connectivity index (χ0v) is 9.85. The topological polar surface area (TPSA) is 26.3 Å². The van der Waals surface area contributed by atoms with Crippen LogP contribution in [0, 0.1) is 5.41 Å². The Hall–Kier alpha value is -0.370. The van der Waals surface area contributed by atoms with E-state index in [0.29, 0.717) is 0 Å². The lowest BCUT2D eigenvalue weighted by molar-refractivity contribution is -0.153. The Balaban J connectivity index is 2.83. The summed E-state index contributed by atoms with van der Waals surface area (Å²) in [6.07, 6.45) is 5.28. The van der Waals surface area contributed by atoms with Gasteiger partial charge in [0.05, 0.1) is 0 Å². The van der Waals surface area contributed by atoms with Gasteiger partial charge in [0.2, 0.25) is 0 Å². The quantitative estimate of drug-likeness (QED) is 0.682. The van der Waals surface area contributed by atoms with Gasteiger partial charge in [-0.1, -0.05) is 40.0 Å². The summed E-state index contributed by atoms with van der Waals surface area (Å²) in [6.45, 7) is 5.93. The van der Waals surface area contributed by atoms with Gasteiger partial charge in [-0.3, -0.25) is 4.79 Å². The summed E-state index contributed by atoms with van der Waals surface area (Å²) in [5.74, 6) is 0.271. The van der Waals surface area contributed by atoms with Crippen molar-refractivity contribution in [2.45, 2.75) is 58.5 Å². The smallest absolute Gasteiger partial charge is 0.169 e. The molecule has 14 heavy (non-hydrogen) atoms. The average Bonchev–Trinajstić information content (AvgIpc) is 2.16. The van der Waals surface area contributed by atoms with E-state index in [9.17, 15) is 4.79 Å². The van der Waals surface area contributed by atoms with Crippen molar-refractivity contribution in [3.63, 3.8) is 0 Å². The Bertz CT molecular complexity index is 207. The Kier molecular flexibility index (Phi) is 3.36. The second-order valence-electron chi connectivity index (χ2n) is 5.34.